The largest absolute Gasteiger partial charge is 0.497 e. The number of thiazole rings is 1. The zero-order valence-electron chi connectivity index (χ0n) is 24.9. The lowest BCUT2D eigenvalue weighted by Gasteiger charge is -2.25. The molecule has 11 heteroatoms. The van der Waals surface area contributed by atoms with Gasteiger partial charge in [0, 0.05) is 29.0 Å². The SMILES string of the molecule is COc1cccc([C@@H]2C(C(=O)Nc3ccccc3)=C(C)N=c3s/c(=C\c4ccc(-c5cc(C)c(C)c([N+](=O)[O-])c5)o4)c(=O)n32)c1. The van der Waals surface area contributed by atoms with Crippen LogP contribution in [0.1, 0.15) is 35.4 Å². The first-order chi connectivity index (χ1) is 21.6. The molecule has 0 saturated carbocycles. The van der Waals surface area contributed by atoms with Crippen molar-refractivity contribution < 1.29 is 18.9 Å². The molecule has 1 atom stereocenters. The van der Waals surface area contributed by atoms with Crippen molar-refractivity contribution >= 4 is 34.7 Å². The van der Waals surface area contributed by atoms with E-state index < -0.39 is 11.0 Å². The monoisotopic (exact) mass is 620 g/mol. The molecular formula is C34H28N4O6S. The number of aryl methyl sites for hydroxylation is 1. The van der Waals surface area contributed by atoms with E-state index in [0.717, 1.165) is 5.56 Å². The molecule has 0 spiro atoms. The molecule has 0 unspecified atom stereocenters. The summed E-state index contributed by atoms with van der Waals surface area (Å²) in [5, 5.41) is 14.5. The number of benzene rings is 3. The number of para-hydroxylation sites is 1. The average molecular weight is 621 g/mol. The second kappa shape index (κ2) is 11.9. The molecule has 6 rings (SSSR count). The third-order valence-electron chi connectivity index (χ3n) is 7.73. The third kappa shape index (κ3) is 5.61. The minimum Gasteiger partial charge on any atom is -0.497 e. The third-order valence-corrected chi connectivity index (χ3v) is 8.71. The fourth-order valence-electron chi connectivity index (χ4n) is 5.35. The van der Waals surface area contributed by atoms with Crippen LogP contribution in [0.25, 0.3) is 17.4 Å². The Labute approximate surface area is 261 Å². The number of nitro groups is 1. The van der Waals surface area contributed by atoms with Gasteiger partial charge in [-0.25, -0.2) is 4.99 Å². The highest BCUT2D eigenvalue weighted by Crippen LogP contribution is 2.33. The lowest BCUT2D eigenvalue weighted by Crippen LogP contribution is -2.40. The second-order valence-electron chi connectivity index (χ2n) is 10.6. The number of carbonyl (C=O) groups is 1. The number of hydrogen-bond donors (Lipinski definition) is 1. The van der Waals surface area contributed by atoms with Gasteiger partial charge < -0.3 is 14.5 Å². The van der Waals surface area contributed by atoms with Crippen LogP contribution < -0.4 is 24.9 Å². The highest BCUT2D eigenvalue weighted by molar-refractivity contribution is 7.07. The smallest absolute Gasteiger partial charge is 0.273 e. The Morgan fingerprint density at radius 1 is 1.07 bits per heavy atom. The molecule has 5 aromatic rings. The number of anilines is 1. The number of fused-ring (bicyclic) bond motifs is 1. The number of allylic oxidation sites excluding steroid dienone is 1. The van der Waals surface area contributed by atoms with E-state index in [4.69, 9.17) is 9.15 Å². The molecule has 10 nitrogen and oxygen atoms in total. The molecule has 0 aliphatic carbocycles. The maximum atomic E-state index is 14.0. The Hall–Kier alpha value is -5.55. The number of amides is 1. The minimum atomic E-state index is -0.773. The first-order valence-electron chi connectivity index (χ1n) is 14.0. The number of furan rings is 1. The van der Waals surface area contributed by atoms with E-state index in [0.29, 0.717) is 60.3 Å². The van der Waals surface area contributed by atoms with E-state index >= 15 is 0 Å². The lowest BCUT2D eigenvalue weighted by atomic mass is 9.95. The molecule has 1 aliphatic heterocycles. The van der Waals surface area contributed by atoms with E-state index in [1.807, 2.05) is 43.3 Å². The van der Waals surface area contributed by atoms with E-state index in [1.165, 1.54) is 22.0 Å². The number of methoxy groups -OCH3 is 1. The summed E-state index contributed by atoms with van der Waals surface area (Å²) >= 11 is 1.18. The van der Waals surface area contributed by atoms with Crippen molar-refractivity contribution in [3.8, 4) is 17.1 Å². The Kier molecular flexibility index (Phi) is 7.78. The normalized spacial score (nSPS) is 14.6. The van der Waals surface area contributed by atoms with Gasteiger partial charge in [-0.15, -0.1) is 0 Å². The molecule has 1 amide bonds. The number of rotatable bonds is 7. The number of nitro benzene ring substituents is 1. The summed E-state index contributed by atoms with van der Waals surface area (Å²) < 4.78 is 13.4. The summed E-state index contributed by atoms with van der Waals surface area (Å²) in [6.07, 6.45) is 1.62. The number of aromatic nitrogens is 1. The zero-order valence-corrected chi connectivity index (χ0v) is 25.7. The quantitative estimate of drug-likeness (QED) is 0.185. The van der Waals surface area contributed by atoms with Gasteiger partial charge in [-0.2, -0.15) is 0 Å². The Balaban J connectivity index is 1.45. The molecular weight excluding hydrogens is 592 g/mol. The van der Waals surface area contributed by atoms with Gasteiger partial charge in [-0.05, 0) is 74.4 Å². The molecule has 3 aromatic carbocycles. The van der Waals surface area contributed by atoms with Gasteiger partial charge in [0.05, 0.1) is 33.9 Å². The van der Waals surface area contributed by atoms with Crippen LogP contribution in [0.4, 0.5) is 11.4 Å². The van der Waals surface area contributed by atoms with Crippen LogP contribution in [0.2, 0.25) is 0 Å². The summed E-state index contributed by atoms with van der Waals surface area (Å²) in [6, 6.07) is 22.3. The fraction of sp³-hybridized carbons (Fsp3) is 0.147. The Bertz CT molecular complexity index is 2190. The van der Waals surface area contributed by atoms with Gasteiger partial charge in [0.15, 0.2) is 4.80 Å². The van der Waals surface area contributed by atoms with Gasteiger partial charge >= 0.3 is 0 Å². The van der Waals surface area contributed by atoms with E-state index in [2.05, 4.69) is 10.3 Å². The predicted molar refractivity (Wildman–Crippen MR) is 172 cm³/mol. The second-order valence-corrected chi connectivity index (χ2v) is 11.6. The first kappa shape index (κ1) is 29.5. The molecule has 1 N–H and O–H groups in total. The number of ether oxygens (including phenoxy) is 1. The number of carbonyl (C=O) groups excluding carboxylic acids is 1. The van der Waals surface area contributed by atoms with Crippen LogP contribution in [-0.2, 0) is 4.79 Å². The molecule has 0 saturated heterocycles. The summed E-state index contributed by atoms with van der Waals surface area (Å²) in [5.74, 6) is 1.04. The first-order valence-corrected chi connectivity index (χ1v) is 14.8. The fourth-order valence-corrected chi connectivity index (χ4v) is 6.37. The highest BCUT2D eigenvalue weighted by Gasteiger charge is 2.33. The Morgan fingerprint density at radius 3 is 2.58 bits per heavy atom. The molecule has 0 fully saturated rings. The molecule has 2 aromatic heterocycles. The van der Waals surface area contributed by atoms with Crippen LogP contribution in [0.15, 0.2) is 104 Å². The van der Waals surface area contributed by atoms with Crippen molar-refractivity contribution in [1.29, 1.82) is 0 Å². The van der Waals surface area contributed by atoms with E-state index in [1.54, 1.807) is 63.4 Å². The molecule has 45 heavy (non-hydrogen) atoms. The van der Waals surface area contributed by atoms with Crippen molar-refractivity contribution in [3.05, 3.63) is 142 Å². The van der Waals surface area contributed by atoms with Crippen LogP contribution in [0, 0.1) is 24.0 Å². The predicted octanol–water partition coefficient (Wildman–Crippen LogP) is 5.67. The molecule has 0 bridgehead atoms. The van der Waals surface area contributed by atoms with Crippen LogP contribution >= 0.6 is 11.3 Å². The number of nitrogens with zero attached hydrogens (tertiary/aromatic N) is 3. The van der Waals surface area contributed by atoms with Gasteiger partial charge in [0.1, 0.15) is 17.3 Å². The summed E-state index contributed by atoms with van der Waals surface area (Å²) in [7, 11) is 1.56. The van der Waals surface area contributed by atoms with Crippen molar-refractivity contribution in [2.45, 2.75) is 26.8 Å². The number of nitrogens with one attached hydrogen (secondary N) is 1. The van der Waals surface area contributed by atoms with Crippen LogP contribution in [-0.4, -0.2) is 22.5 Å². The van der Waals surface area contributed by atoms with Gasteiger partial charge in [-0.3, -0.25) is 24.3 Å². The van der Waals surface area contributed by atoms with Crippen LogP contribution in [0.3, 0.4) is 0 Å². The standard InChI is InChI=1S/C34H28N4O6S/c1-19-15-23(17-27(20(19)2)38(41)42)28-14-13-26(44-28)18-29-33(40)37-31(22-9-8-12-25(16-22)43-4)30(21(3)35-34(37)45-29)32(39)36-24-10-6-5-7-11-24/h5-18,31H,1-4H3,(H,36,39)/b29-18-/t31-/m1/s1. The molecule has 1 aliphatic rings. The Morgan fingerprint density at radius 2 is 1.84 bits per heavy atom. The van der Waals surface area contributed by atoms with Crippen LogP contribution in [0.5, 0.6) is 5.75 Å². The number of hydrogen-bond acceptors (Lipinski definition) is 8. The minimum absolute atomic E-state index is 0.0104. The van der Waals surface area contributed by atoms with Gasteiger partial charge in [0.25, 0.3) is 17.2 Å². The van der Waals surface area contributed by atoms with E-state index in [9.17, 15) is 19.7 Å². The molecule has 226 valence electrons. The summed E-state index contributed by atoms with van der Waals surface area (Å²) in [6.45, 7) is 5.28. The van der Waals surface area contributed by atoms with Crippen molar-refractivity contribution in [2.75, 3.05) is 12.4 Å². The zero-order chi connectivity index (χ0) is 31.8. The summed E-state index contributed by atoms with van der Waals surface area (Å²) in [4.78, 5) is 44.1. The maximum Gasteiger partial charge on any atom is 0.273 e. The topological polar surface area (TPSA) is 129 Å². The molecule has 3 heterocycles. The summed E-state index contributed by atoms with van der Waals surface area (Å²) in [5.41, 5.74) is 3.72. The van der Waals surface area contributed by atoms with Gasteiger partial charge in [-0.1, -0.05) is 41.7 Å². The average Bonchev–Trinajstić information content (AvgIpc) is 3.62. The van der Waals surface area contributed by atoms with E-state index in [-0.39, 0.29) is 17.2 Å². The maximum absolute atomic E-state index is 14.0. The van der Waals surface area contributed by atoms with Crippen molar-refractivity contribution in [3.63, 3.8) is 0 Å². The van der Waals surface area contributed by atoms with Crippen molar-refractivity contribution in [2.24, 2.45) is 4.99 Å². The van der Waals surface area contributed by atoms with Crippen molar-refractivity contribution in [1.82, 2.24) is 4.57 Å². The van der Waals surface area contributed by atoms with Gasteiger partial charge in [0.2, 0.25) is 0 Å². The lowest BCUT2D eigenvalue weighted by molar-refractivity contribution is -0.385. The molecule has 0 radical (unpaired) electrons. The highest BCUT2D eigenvalue weighted by atomic mass is 32.1.